The van der Waals surface area contributed by atoms with Gasteiger partial charge in [0.05, 0.1) is 12.2 Å². The molecule has 0 atom stereocenters. The third-order valence-corrected chi connectivity index (χ3v) is 3.55. The van der Waals surface area contributed by atoms with Gasteiger partial charge in [0.2, 0.25) is 0 Å². The summed E-state index contributed by atoms with van der Waals surface area (Å²) < 4.78 is 37.0. The molecule has 1 aromatic rings. The molecule has 0 aliphatic carbocycles. The van der Waals surface area contributed by atoms with E-state index >= 15 is 0 Å². The van der Waals surface area contributed by atoms with Crippen molar-refractivity contribution in [2.24, 2.45) is 5.73 Å². The second-order valence-electron chi connectivity index (χ2n) is 3.75. The second-order valence-corrected chi connectivity index (χ2v) is 4.82. The van der Waals surface area contributed by atoms with Crippen LogP contribution in [0.2, 0.25) is 0 Å². The zero-order chi connectivity index (χ0) is 13.8. The van der Waals surface area contributed by atoms with Crippen LogP contribution in [0.5, 0.6) is 0 Å². The number of halogens is 3. The van der Waals surface area contributed by atoms with Gasteiger partial charge in [-0.3, -0.25) is 0 Å². The molecule has 3 N–H and O–H groups in total. The van der Waals surface area contributed by atoms with Crippen LogP contribution in [-0.2, 0) is 11.9 Å². The van der Waals surface area contributed by atoms with Gasteiger partial charge in [-0.05, 0) is 24.6 Å². The van der Waals surface area contributed by atoms with E-state index in [-0.39, 0.29) is 6.61 Å². The normalized spacial score (nSPS) is 13.4. The van der Waals surface area contributed by atoms with E-state index in [2.05, 4.69) is 0 Å². The Balaban J connectivity index is 2.68. The van der Waals surface area contributed by atoms with Gasteiger partial charge in [0.25, 0.3) is 0 Å². The maximum Gasteiger partial charge on any atom is 0.416 e. The van der Waals surface area contributed by atoms with Crippen LogP contribution < -0.4 is 5.73 Å². The molecule has 0 aromatic heterocycles. The number of rotatable bonds is 4. The molecule has 0 spiro atoms. The third kappa shape index (κ3) is 4.27. The number of aliphatic hydroxyl groups excluding tert-OH is 1. The molecule has 0 unspecified atom stereocenters. The number of alkyl halides is 3. The first-order valence-electron chi connectivity index (χ1n) is 5.19. The van der Waals surface area contributed by atoms with E-state index in [1.165, 1.54) is 23.9 Å². The van der Waals surface area contributed by atoms with Crippen LogP contribution in [0.1, 0.15) is 18.1 Å². The molecule has 0 radical (unpaired) electrons. The summed E-state index contributed by atoms with van der Waals surface area (Å²) in [5.41, 5.74) is 6.15. The van der Waals surface area contributed by atoms with E-state index in [9.17, 15) is 13.2 Å². The molecule has 0 amide bonds. The highest BCUT2D eigenvalue weighted by atomic mass is 32.2. The molecule has 0 aliphatic heterocycles. The van der Waals surface area contributed by atoms with Crippen molar-refractivity contribution in [1.82, 2.24) is 0 Å². The van der Waals surface area contributed by atoms with Crippen LogP contribution in [0.25, 0.3) is 0 Å². The number of aliphatic hydroxyl groups is 1. The summed E-state index contributed by atoms with van der Waals surface area (Å²) in [5.74, 6) is 0.475. The van der Waals surface area contributed by atoms with Crippen molar-refractivity contribution in [3.63, 3.8) is 0 Å². The molecule has 18 heavy (non-hydrogen) atoms. The van der Waals surface area contributed by atoms with Crippen molar-refractivity contribution in [3.05, 3.63) is 46.0 Å². The number of hydrogen-bond donors (Lipinski definition) is 2. The van der Waals surface area contributed by atoms with Gasteiger partial charge in [0, 0.05) is 16.4 Å². The minimum absolute atomic E-state index is 0.159. The summed E-state index contributed by atoms with van der Waals surface area (Å²) in [4.78, 5) is 0.634. The average Bonchev–Trinajstić information content (AvgIpc) is 2.29. The maximum atomic E-state index is 12.3. The van der Waals surface area contributed by atoms with Gasteiger partial charge in [-0.15, -0.1) is 11.8 Å². The van der Waals surface area contributed by atoms with Crippen molar-refractivity contribution in [3.8, 4) is 0 Å². The number of allylic oxidation sites excluding steroid dienone is 1. The van der Waals surface area contributed by atoms with E-state index in [1.54, 1.807) is 6.92 Å². The van der Waals surface area contributed by atoms with Crippen LogP contribution in [-0.4, -0.2) is 11.7 Å². The lowest BCUT2D eigenvalue weighted by molar-refractivity contribution is -0.137. The lowest BCUT2D eigenvalue weighted by Crippen LogP contribution is -2.04. The molecular weight excluding hydrogens is 263 g/mol. The number of hydrogen-bond acceptors (Lipinski definition) is 3. The zero-order valence-corrected chi connectivity index (χ0v) is 10.6. The van der Waals surface area contributed by atoms with Gasteiger partial charge in [-0.2, -0.15) is 13.2 Å². The highest BCUT2D eigenvalue weighted by Gasteiger charge is 2.29. The van der Waals surface area contributed by atoms with E-state index in [0.717, 1.165) is 17.7 Å². The first-order chi connectivity index (χ1) is 8.34. The van der Waals surface area contributed by atoms with Crippen molar-refractivity contribution in [1.29, 1.82) is 0 Å². The Labute approximate surface area is 108 Å². The molecule has 0 saturated heterocycles. The average molecular weight is 277 g/mol. The Bertz CT molecular complexity index is 422. The fourth-order valence-electron chi connectivity index (χ4n) is 1.24. The van der Waals surface area contributed by atoms with E-state index in [1.807, 2.05) is 0 Å². The van der Waals surface area contributed by atoms with Crippen molar-refractivity contribution in [2.75, 3.05) is 6.61 Å². The molecule has 6 heteroatoms. The zero-order valence-electron chi connectivity index (χ0n) is 9.79. The number of nitrogens with two attached hydrogens (primary N) is 1. The predicted molar refractivity (Wildman–Crippen MR) is 66.7 cm³/mol. The van der Waals surface area contributed by atoms with Gasteiger partial charge >= 0.3 is 6.18 Å². The fourth-order valence-corrected chi connectivity index (χ4v) is 2.10. The largest absolute Gasteiger partial charge is 0.416 e. The van der Waals surface area contributed by atoms with Crippen LogP contribution in [0, 0.1) is 0 Å². The molecule has 0 bridgehead atoms. The maximum absolute atomic E-state index is 12.3. The fraction of sp³-hybridized carbons (Fsp3) is 0.333. The van der Waals surface area contributed by atoms with Gasteiger partial charge < -0.3 is 10.8 Å². The van der Waals surface area contributed by atoms with E-state index in [0.29, 0.717) is 16.4 Å². The number of thioether (sulfide) groups is 1. The molecule has 0 fully saturated rings. The Kier molecular flexibility index (Phi) is 5.10. The van der Waals surface area contributed by atoms with Gasteiger partial charge in [-0.1, -0.05) is 12.1 Å². The molecule has 0 heterocycles. The highest BCUT2D eigenvalue weighted by Crippen LogP contribution is 2.30. The summed E-state index contributed by atoms with van der Waals surface area (Å²) >= 11 is 1.32. The summed E-state index contributed by atoms with van der Waals surface area (Å²) in [6, 6.07) is 4.95. The summed E-state index contributed by atoms with van der Waals surface area (Å²) in [6.45, 7) is 1.51. The first kappa shape index (κ1) is 14.9. The topological polar surface area (TPSA) is 46.2 Å². The Morgan fingerprint density at radius 3 is 2.22 bits per heavy atom. The summed E-state index contributed by atoms with van der Waals surface area (Å²) in [6.07, 6.45) is -4.31. The van der Waals surface area contributed by atoms with E-state index in [4.69, 9.17) is 10.8 Å². The van der Waals surface area contributed by atoms with Crippen LogP contribution in [0.3, 0.4) is 0 Å². The second kappa shape index (κ2) is 6.15. The minimum atomic E-state index is -4.31. The Hall–Kier alpha value is -1.14. The van der Waals surface area contributed by atoms with Gasteiger partial charge in [-0.25, -0.2) is 0 Å². The predicted octanol–water partition coefficient (Wildman–Crippen LogP) is 3.12. The summed E-state index contributed by atoms with van der Waals surface area (Å²) in [7, 11) is 0. The molecule has 1 rings (SSSR count). The van der Waals surface area contributed by atoms with Crippen LogP contribution in [0.15, 0.2) is 34.9 Å². The van der Waals surface area contributed by atoms with Gasteiger partial charge in [0.15, 0.2) is 0 Å². The highest BCUT2D eigenvalue weighted by molar-refractivity contribution is 8.02. The molecule has 0 aliphatic rings. The minimum Gasteiger partial charge on any atom is -0.402 e. The standard InChI is InChI=1S/C12H14F3NOS/c1-8(16)11(6-17)18-7-9-2-4-10(5-3-9)12(13,14)15/h2-5,17H,6-7,16H2,1H3/b11-8-. The Morgan fingerprint density at radius 1 is 1.28 bits per heavy atom. The quantitative estimate of drug-likeness (QED) is 0.889. The Morgan fingerprint density at radius 2 is 1.83 bits per heavy atom. The molecule has 0 saturated carbocycles. The molecule has 1 aromatic carbocycles. The van der Waals surface area contributed by atoms with Crippen molar-refractivity contribution >= 4 is 11.8 Å². The SMILES string of the molecule is C/C(N)=C(\CO)SCc1ccc(C(F)(F)F)cc1. The molecular formula is C12H14F3NOS. The van der Waals surface area contributed by atoms with Gasteiger partial charge in [0.1, 0.15) is 0 Å². The van der Waals surface area contributed by atoms with Crippen molar-refractivity contribution in [2.45, 2.75) is 18.9 Å². The first-order valence-corrected chi connectivity index (χ1v) is 6.18. The molecule has 2 nitrogen and oxygen atoms in total. The smallest absolute Gasteiger partial charge is 0.402 e. The van der Waals surface area contributed by atoms with Crippen LogP contribution in [0.4, 0.5) is 13.2 Å². The molecule has 100 valence electrons. The number of benzene rings is 1. The third-order valence-electron chi connectivity index (χ3n) is 2.28. The summed E-state index contributed by atoms with van der Waals surface area (Å²) in [5, 5.41) is 9.02. The van der Waals surface area contributed by atoms with Crippen molar-refractivity contribution < 1.29 is 18.3 Å². The lowest BCUT2D eigenvalue weighted by Gasteiger charge is -2.09. The van der Waals surface area contributed by atoms with E-state index < -0.39 is 11.7 Å². The monoisotopic (exact) mass is 277 g/mol. The van der Waals surface area contributed by atoms with Crippen LogP contribution >= 0.6 is 11.8 Å². The lowest BCUT2D eigenvalue weighted by atomic mass is 10.1.